The number of nitrogens with zero attached hydrogens (tertiary/aromatic N) is 3. The molecule has 0 radical (unpaired) electrons. The van der Waals surface area contributed by atoms with Crippen LogP contribution in [0.5, 0.6) is 5.75 Å². The van der Waals surface area contributed by atoms with E-state index in [2.05, 4.69) is 21.6 Å². The van der Waals surface area contributed by atoms with Crippen LogP contribution in [0.2, 0.25) is 0 Å². The minimum absolute atomic E-state index is 0.301. The van der Waals surface area contributed by atoms with Crippen LogP contribution in [-0.4, -0.2) is 66.1 Å². The molecule has 1 atom stereocenters. The largest absolute Gasteiger partial charge is 0.508 e. The first-order chi connectivity index (χ1) is 11.7. The smallest absolute Gasteiger partial charge is 0.236 e. The number of hydrogen-bond donors (Lipinski definition) is 1. The van der Waals surface area contributed by atoms with E-state index in [1.807, 2.05) is 12.1 Å². The number of amides is 1. The molecule has 1 amide bonds. The summed E-state index contributed by atoms with van der Waals surface area (Å²) < 4.78 is 0. The number of carbonyl (C=O) groups is 1. The number of piperazine rings is 1. The van der Waals surface area contributed by atoms with Gasteiger partial charge in [0, 0.05) is 44.5 Å². The summed E-state index contributed by atoms with van der Waals surface area (Å²) in [5.41, 5.74) is 1.14. The third-order valence-electron chi connectivity index (χ3n) is 5.36. The predicted octanol–water partition coefficient (Wildman–Crippen LogP) is 2.31. The van der Waals surface area contributed by atoms with Crippen molar-refractivity contribution in [3.63, 3.8) is 0 Å². The summed E-state index contributed by atoms with van der Waals surface area (Å²) in [4.78, 5) is 19.4. The molecule has 2 heterocycles. The van der Waals surface area contributed by atoms with Crippen LogP contribution in [0.4, 0.5) is 5.69 Å². The number of piperidine rings is 1. The second kappa shape index (κ2) is 7.88. The van der Waals surface area contributed by atoms with Crippen LogP contribution in [0.3, 0.4) is 0 Å². The average molecular weight is 331 g/mol. The van der Waals surface area contributed by atoms with Crippen molar-refractivity contribution in [2.45, 2.75) is 38.6 Å². The zero-order valence-corrected chi connectivity index (χ0v) is 14.7. The topological polar surface area (TPSA) is 47.0 Å². The zero-order valence-electron chi connectivity index (χ0n) is 14.7. The first kappa shape index (κ1) is 17.1. The molecule has 0 spiro atoms. The molecule has 0 aliphatic carbocycles. The van der Waals surface area contributed by atoms with Gasteiger partial charge in [-0.15, -0.1) is 0 Å². The van der Waals surface area contributed by atoms with Crippen LogP contribution in [0.15, 0.2) is 24.3 Å². The van der Waals surface area contributed by atoms with Crippen molar-refractivity contribution in [1.82, 2.24) is 9.80 Å². The SMILES string of the molecule is CC[C@H]1CCCCN1C(=O)CN1CCN(c2ccc(O)cc2)CC1. The number of phenolic OH excluding ortho intramolecular Hbond substituents is 1. The third kappa shape index (κ3) is 4.01. The van der Waals surface area contributed by atoms with Crippen LogP contribution in [0, 0.1) is 0 Å². The van der Waals surface area contributed by atoms with Gasteiger partial charge < -0.3 is 14.9 Å². The molecule has 2 fully saturated rings. The summed E-state index contributed by atoms with van der Waals surface area (Å²) in [6.45, 7) is 7.36. The standard InChI is InChI=1S/C19H29N3O2/c1-2-16-5-3-4-10-22(16)19(24)15-20-11-13-21(14-12-20)17-6-8-18(23)9-7-17/h6-9,16,23H,2-5,10-15H2,1H3/t16-/m0/s1. The Morgan fingerprint density at radius 2 is 1.79 bits per heavy atom. The van der Waals surface area contributed by atoms with Gasteiger partial charge in [-0.05, 0) is 49.9 Å². The van der Waals surface area contributed by atoms with Gasteiger partial charge in [0.15, 0.2) is 0 Å². The fourth-order valence-electron chi connectivity index (χ4n) is 3.86. The van der Waals surface area contributed by atoms with E-state index in [0.717, 1.165) is 57.7 Å². The highest BCUT2D eigenvalue weighted by molar-refractivity contribution is 5.78. The van der Waals surface area contributed by atoms with Gasteiger partial charge in [0.25, 0.3) is 0 Å². The van der Waals surface area contributed by atoms with E-state index in [1.165, 1.54) is 6.42 Å². The van der Waals surface area contributed by atoms with Crippen molar-refractivity contribution >= 4 is 11.6 Å². The Labute approximate surface area is 144 Å². The maximum absolute atomic E-state index is 12.7. The Bertz CT molecular complexity index is 538. The number of likely N-dealkylation sites (tertiary alicyclic amines) is 1. The van der Waals surface area contributed by atoms with Crippen molar-refractivity contribution in [2.75, 3.05) is 44.2 Å². The molecule has 1 N–H and O–H groups in total. The lowest BCUT2D eigenvalue weighted by atomic mass is 10.00. The van der Waals surface area contributed by atoms with Crippen LogP contribution < -0.4 is 4.90 Å². The fourth-order valence-corrected chi connectivity index (χ4v) is 3.86. The third-order valence-corrected chi connectivity index (χ3v) is 5.36. The Morgan fingerprint density at radius 1 is 1.08 bits per heavy atom. The molecule has 0 unspecified atom stereocenters. The number of anilines is 1. The highest BCUT2D eigenvalue weighted by Gasteiger charge is 2.27. The Morgan fingerprint density at radius 3 is 2.46 bits per heavy atom. The number of aromatic hydroxyl groups is 1. The van der Waals surface area contributed by atoms with Crippen molar-refractivity contribution in [2.24, 2.45) is 0 Å². The summed E-state index contributed by atoms with van der Waals surface area (Å²) in [5.74, 6) is 0.606. The molecule has 1 aromatic rings. The first-order valence-electron chi connectivity index (χ1n) is 9.23. The summed E-state index contributed by atoms with van der Waals surface area (Å²) in [6.07, 6.45) is 4.64. The summed E-state index contributed by atoms with van der Waals surface area (Å²) in [7, 11) is 0. The molecule has 3 rings (SSSR count). The number of phenols is 1. The lowest BCUT2D eigenvalue weighted by Crippen LogP contribution is -2.52. The summed E-state index contributed by atoms with van der Waals surface area (Å²) in [5, 5.41) is 9.39. The van der Waals surface area contributed by atoms with Gasteiger partial charge in [-0.25, -0.2) is 0 Å². The Balaban J connectivity index is 1.49. The second-order valence-electron chi connectivity index (χ2n) is 6.92. The lowest BCUT2D eigenvalue weighted by molar-refractivity contribution is -0.136. The van der Waals surface area contributed by atoms with Gasteiger partial charge >= 0.3 is 0 Å². The van der Waals surface area contributed by atoms with Gasteiger partial charge in [-0.3, -0.25) is 9.69 Å². The number of hydrogen-bond acceptors (Lipinski definition) is 4. The molecule has 132 valence electrons. The first-order valence-corrected chi connectivity index (χ1v) is 9.23. The van der Waals surface area contributed by atoms with E-state index >= 15 is 0 Å². The highest BCUT2D eigenvalue weighted by Crippen LogP contribution is 2.21. The molecular weight excluding hydrogens is 302 g/mol. The van der Waals surface area contributed by atoms with E-state index in [4.69, 9.17) is 0 Å². The minimum atomic E-state index is 0.301. The Hall–Kier alpha value is -1.75. The van der Waals surface area contributed by atoms with E-state index in [0.29, 0.717) is 24.2 Å². The predicted molar refractivity (Wildman–Crippen MR) is 96.4 cm³/mol. The quantitative estimate of drug-likeness (QED) is 0.920. The highest BCUT2D eigenvalue weighted by atomic mass is 16.3. The molecule has 2 aliphatic heterocycles. The van der Waals surface area contributed by atoms with Crippen LogP contribution >= 0.6 is 0 Å². The van der Waals surface area contributed by atoms with Crippen molar-refractivity contribution in [3.8, 4) is 5.75 Å². The molecule has 5 heteroatoms. The molecule has 1 aromatic carbocycles. The summed E-state index contributed by atoms with van der Waals surface area (Å²) in [6, 6.07) is 7.81. The van der Waals surface area contributed by atoms with E-state index in [-0.39, 0.29) is 0 Å². The van der Waals surface area contributed by atoms with Crippen LogP contribution in [-0.2, 0) is 4.79 Å². The molecule has 0 saturated carbocycles. The minimum Gasteiger partial charge on any atom is -0.508 e. The van der Waals surface area contributed by atoms with Gasteiger partial charge in [0.1, 0.15) is 5.75 Å². The van der Waals surface area contributed by atoms with E-state index in [9.17, 15) is 9.90 Å². The van der Waals surface area contributed by atoms with Gasteiger partial charge in [0.2, 0.25) is 5.91 Å². The van der Waals surface area contributed by atoms with Crippen molar-refractivity contribution < 1.29 is 9.90 Å². The molecule has 24 heavy (non-hydrogen) atoms. The monoisotopic (exact) mass is 331 g/mol. The number of carbonyl (C=O) groups excluding carboxylic acids is 1. The zero-order chi connectivity index (χ0) is 16.9. The second-order valence-corrected chi connectivity index (χ2v) is 6.92. The van der Waals surface area contributed by atoms with Gasteiger partial charge in [0.05, 0.1) is 6.54 Å². The molecule has 0 bridgehead atoms. The fraction of sp³-hybridized carbons (Fsp3) is 0.632. The van der Waals surface area contributed by atoms with Gasteiger partial charge in [-0.1, -0.05) is 6.92 Å². The number of benzene rings is 1. The molecular formula is C19H29N3O2. The van der Waals surface area contributed by atoms with Crippen molar-refractivity contribution in [1.29, 1.82) is 0 Å². The maximum atomic E-state index is 12.7. The van der Waals surface area contributed by atoms with Crippen molar-refractivity contribution in [3.05, 3.63) is 24.3 Å². The number of rotatable bonds is 4. The summed E-state index contributed by atoms with van der Waals surface area (Å²) >= 11 is 0. The van der Waals surface area contributed by atoms with Crippen LogP contribution in [0.25, 0.3) is 0 Å². The Kier molecular flexibility index (Phi) is 5.61. The molecule has 0 aromatic heterocycles. The van der Waals surface area contributed by atoms with E-state index < -0.39 is 0 Å². The molecule has 2 saturated heterocycles. The lowest BCUT2D eigenvalue weighted by Gasteiger charge is -2.39. The molecule has 2 aliphatic rings. The van der Waals surface area contributed by atoms with E-state index in [1.54, 1.807) is 12.1 Å². The van der Waals surface area contributed by atoms with Crippen LogP contribution in [0.1, 0.15) is 32.6 Å². The van der Waals surface area contributed by atoms with Gasteiger partial charge in [-0.2, -0.15) is 0 Å². The molecule has 5 nitrogen and oxygen atoms in total. The average Bonchev–Trinajstić information content (AvgIpc) is 2.63. The maximum Gasteiger partial charge on any atom is 0.236 e. The normalized spacial score (nSPS) is 22.6.